The van der Waals surface area contributed by atoms with Gasteiger partial charge in [-0.15, -0.1) is 6.58 Å². The minimum Gasteiger partial charge on any atom is -0.319 e. The zero-order chi connectivity index (χ0) is 12.3. The maximum absolute atomic E-state index is 6.22. The summed E-state index contributed by atoms with van der Waals surface area (Å²) in [5, 5.41) is 8.23. The van der Waals surface area contributed by atoms with E-state index in [9.17, 15) is 0 Å². The van der Waals surface area contributed by atoms with Crippen molar-refractivity contribution in [3.8, 4) is 0 Å². The van der Waals surface area contributed by atoms with Gasteiger partial charge in [0.25, 0.3) is 0 Å². The monoisotopic (exact) mass is 241 g/mol. The lowest BCUT2D eigenvalue weighted by Gasteiger charge is -2.25. The minimum absolute atomic E-state index is 0.00613. The molecule has 16 heavy (non-hydrogen) atoms. The van der Waals surface area contributed by atoms with Crippen molar-refractivity contribution in [2.24, 2.45) is 12.5 Å². The van der Waals surface area contributed by atoms with E-state index in [-0.39, 0.29) is 5.41 Å². The highest BCUT2D eigenvalue weighted by molar-refractivity contribution is 6.30. The first kappa shape index (κ1) is 13.3. The number of halogens is 1. The Morgan fingerprint density at radius 2 is 2.25 bits per heavy atom. The van der Waals surface area contributed by atoms with Gasteiger partial charge in [0.05, 0.1) is 5.69 Å². The second-order valence-corrected chi connectivity index (χ2v) is 4.90. The van der Waals surface area contributed by atoms with Crippen LogP contribution in [0.5, 0.6) is 0 Å². The molecule has 0 aliphatic carbocycles. The van der Waals surface area contributed by atoms with Crippen LogP contribution in [0.1, 0.15) is 18.2 Å². The molecule has 0 spiro atoms. The molecule has 0 bridgehead atoms. The molecule has 1 unspecified atom stereocenters. The van der Waals surface area contributed by atoms with Crippen LogP contribution in [0.3, 0.4) is 0 Å². The van der Waals surface area contributed by atoms with Crippen molar-refractivity contribution in [3.63, 3.8) is 0 Å². The molecule has 90 valence electrons. The van der Waals surface area contributed by atoms with Crippen LogP contribution in [0.25, 0.3) is 0 Å². The Hall–Kier alpha value is -0.800. The first-order valence-corrected chi connectivity index (χ1v) is 5.77. The molecule has 1 atom stereocenters. The van der Waals surface area contributed by atoms with Crippen molar-refractivity contribution in [3.05, 3.63) is 29.1 Å². The Bertz CT molecular complexity index is 384. The summed E-state index contributed by atoms with van der Waals surface area (Å²) in [6, 6.07) is 0. The summed E-state index contributed by atoms with van der Waals surface area (Å²) in [5.74, 6) is 0. The Morgan fingerprint density at radius 3 is 2.62 bits per heavy atom. The Balaban J connectivity index is 2.98. The predicted octanol–water partition coefficient (Wildman–Crippen LogP) is 2.34. The van der Waals surface area contributed by atoms with Gasteiger partial charge in [-0.25, -0.2) is 0 Å². The summed E-state index contributed by atoms with van der Waals surface area (Å²) in [6.07, 6.45) is 2.84. The van der Waals surface area contributed by atoms with E-state index in [1.165, 1.54) is 0 Å². The number of nitrogens with one attached hydrogen (secondary N) is 1. The van der Waals surface area contributed by atoms with Gasteiger partial charge in [0, 0.05) is 24.6 Å². The molecule has 0 amide bonds. The fourth-order valence-electron chi connectivity index (χ4n) is 1.89. The summed E-state index contributed by atoms with van der Waals surface area (Å²) in [5.41, 5.74) is 2.12. The molecule has 0 fully saturated rings. The fourth-order valence-corrected chi connectivity index (χ4v) is 2.13. The van der Waals surface area contributed by atoms with Gasteiger partial charge in [0.1, 0.15) is 5.15 Å². The molecular weight excluding hydrogens is 222 g/mol. The van der Waals surface area contributed by atoms with Crippen LogP contribution in [0, 0.1) is 12.3 Å². The van der Waals surface area contributed by atoms with E-state index < -0.39 is 0 Å². The largest absolute Gasteiger partial charge is 0.319 e. The van der Waals surface area contributed by atoms with Gasteiger partial charge in [-0.3, -0.25) is 4.68 Å². The number of aryl methyl sites for hydroxylation is 2. The molecular formula is C12H20ClN3. The highest BCUT2D eigenvalue weighted by atomic mass is 35.5. The van der Waals surface area contributed by atoms with E-state index in [4.69, 9.17) is 11.6 Å². The van der Waals surface area contributed by atoms with Crippen LogP contribution >= 0.6 is 11.6 Å². The minimum atomic E-state index is 0.00613. The zero-order valence-electron chi connectivity index (χ0n) is 10.5. The molecule has 0 radical (unpaired) electrons. The predicted molar refractivity (Wildman–Crippen MR) is 68.9 cm³/mol. The third-order valence-electron chi connectivity index (χ3n) is 2.92. The topological polar surface area (TPSA) is 29.9 Å². The van der Waals surface area contributed by atoms with E-state index in [0.717, 1.165) is 29.4 Å². The van der Waals surface area contributed by atoms with Gasteiger partial charge in [-0.1, -0.05) is 24.6 Å². The van der Waals surface area contributed by atoms with Crippen LogP contribution in [0.2, 0.25) is 5.15 Å². The summed E-state index contributed by atoms with van der Waals surface area (Å²) in [6.45, 7) is 8.94. The van der Waals surface area contributed by atoms with Crippen molar-refractivity contribution >= 4 is 11.6 Å². The zero-order valence-corrected chi connectivity index (χ0v) is 11.2. The van der Waals surface area contributed by atoms with Crippen molar-refractivity contribution in [1.29, 1.82) is 0 Å². The van der Waals surface area contributed by atoms with E-state index in [2.05, 4.69) is 23.9 Å². The number of hydrogen-bond acceptors (Lipinski definition) is 2. The lowest BCUT2D eigenvalue weighted by Crippen LogP contribution is -2.30. The first-order valence-electron chi connectivity index (χ1n) is 5.39. The van der Waals surface area contributed by atoms with Crippen molar-refractivity contribution in [1.82, 2.24) is 15.1 Å². The third kappa shape index (κ3) is 2.66. The van der Waals surface area contributed by atoms with Gasteiger partial charge in [0.15, 0.2) is 0 Å². The Labute approximate surface area is 102 Å². The van der Waals surface area contributed by atoms with Gasteiger partial charge < -0.3 is 5.32 Å². The highest BCUT2D eigenvalue weighted by Crippen LogP contribution is 2.29. The van der Waals surface area contributed by atoms with E-state index in [1.807, 2.05) is 27.1 Å². The average molecular weight is 242 g/mol. The second-order valence-electron chi connectivity index (χ2n) is 4.54. The van der Waals surface area contributed by atoms with Crippen LogP contribution < -0.4 is 5.32 Å². The van der Waals surface area contributed by atoms with Gasteiger partial charge in [-0.2, -0.15) is 5.10 Å². The molecule has 0 aliphatic heterocycles. The molecule has 3 nitrogen and oxygen atoms in total. The van der Waals surface area contributed by atoms with Crippen LogP contribution in [0.4, 0.5) is 0 Å². The molecule has 1 heterocycles. The number of nitrogens with zero attached hydrogens (tertiary/aromatic N) is 2. The molecule has 4 heteroatoms. The molecule has 0 aliphatic rings. The van der Waals surface area contributed by atoms with Gasteiger partial charge in [0.2, 0.25) is 0 Å². The summed E-state index contributed by atoms with van der Waals surface area (Å²) >= 11 is 6.22. The van der Waals surface area contributed by atoms with E-state index >= 15 is 0 Å². The van der Waals surface area contributed by atoms with E-state index in [1.54, 1.807) is 4.68 Å². The average Bonchev–Trinajstić information content (AvgIpc) is 2.46. The SMILES string of the molecule is C=CC(C)(CNC)Cc1c(C)nn(C)c1Cl. The molecule has 1 N–H and O–H groups in total. The van der Waals surface area contributed by atoms with E-state index in [0.29, 0.717) is 0 Å². The number of rotatable bonds is 5. The van der Waals surface area contributed by atoms with Gasteiger partial charge >= 0.3 is 0 Å². The Morgan fingerprint density at radius 1 is 1.62 bits per heavy atom. The maximum Gasteiger partial charge on any atom is 0.130 e. The van der Waals surface area contributed by atoms with Crippen LogP contribution in [-0.2, 0) is 13.5 Å². The van der Waals surface area contributed by atoms with Crippen LogP contribution in [0.15, 0.2) is 12.7 Å². The normalized spacial score (nSPS) is 14.8. The molecule has 1 aromatic heterocycles. The fraction of sp³-hybridized carbons (Fsp3) is 0.583. The number of aromatic nitrogens is 2. The lowest BCUT2D eigenvalue weighted by molar-refractivity contribution is 0.405. The molecule has 1 rings (SSSR count). The molecule has 0 aromatic carbocycles. The quantitative estimate of drug-likeness (QED) is 0.802. The standard InChI is InChI=1S/C12H20ClN3/c1-6-12(3,8-14-4)7-10-9(2)15-16(5)11(10)13/h6,14H,1,7-8H2,2-5H3. The molecule has 0 saturated carbocycles. The number of hydrogen-bond donors (Lipinski definition) is 1. The summed E-state index contributed by atoms with van der Waals surface area (Å²) < 4.78 is 1.72. The lowest BCUT2D eigenvalue weighted by atomic mass is 9.84. The maximum atomic E-state index is 6.22. The van der Waals surface area contributed by atoms with Crippen molar-refractivity contribution in [2.75, 3.05) is 13.6 Å². The van der Waals surface area contributed by atoms with Crippen molar-refractivity contribution < 1.29 is 0 Å². The summed E-state index contributed by atoms with van der Waals surface area (Å²) in [4.78, 5) is 0. The third-order valence-corrected chi connectivity index (χ3v) is 3.40. The first-order chi connectivity index (χ1) is 7.43. The second kappa shape index (κ2) is 5.02. The van der Waals surface area contributed by atoms with Crippen molar-refractivity contribution in [2.45, 2.75) is 20.3 Å². The molecule has 1 aromatic rings. The van der Waals surface area contributed by atoms with Crippen LogP contribution in [-0.4, -0.2) is 23.4 Å². The molecule has 0 saturated heterocycles. The smallest absolute Gasteiger partial charge is 0.130 e. The summed E-state index contributed by atoms with van der Waals surface area (Å²) in [7, 11) is 3.81. The highest BCUT2D eigenvalue weighted by Gasteiger charge is 2.24. The van der Waals surface area contributed by atoms with Gasteiger partial charge in [-0.05, 0) is 20.4 Å². The Kier molecular flexibility index (Phi) is 4.16.